The maximum Gasteiger partial charge on any atom is 0.263 e. The van der Waals surface area contributed by atoms with Crippen molar-refractivity contribution in [1.29, 1.82) is 0 Å². The van der Waals surface area contributed by atoms with Crippen LogP contribution in [0.2, 0.25) is 0 Å². The molecule has 7 heteroatoms. The van der Waals surface area contributed by atoms with Crippen molar-refractivity contribution >= 4 is 17.2 Å². The van der Waals surface area contributed by atoms with Gasteiger partial charge in [-0.1, -0.05) is 0 Å². The van der Waals surface area contributed by atoms with Gasteiger partial charge in [0, 0.05) is 18.3 Å². The number of aromatic nitrogens is 3. The summed E-state index contributed by atoms with van der Waals surface area (Å²) in [4.78, 5) is 28.3. The van der Waals surface area contributed by atoms with Crippen LogP contribution in [0.15, 0.2) is 11.7 Å². The normalized spacial score (nSPS) is 18.3. The first-order valence-electron chi connectivity index (χ1n) is 7.77. The number of carbonyl (C=O) groups is 1. The second kappa shape index (κ2) is 6.72. The van der Waals surface area contributed by atoms with Crippen LogP contribution >= 0.6 is 11.3 Å². The van der Waals surface area contributed by atoms with Gasteiger partial charge in [-0.2, -0.15) is 0 Å². The summed E-state index contributed by atoms with van der Waals surface area (Å²) in [5.74, 6) is 0.685. The molecule has 1 saturated heterocycles. The van der Waals surface area contributed by atoms with Gasteiger partial charge in [0.05, 0.1) is 22.9 Å². The molecule has 0 aliphatic carbocycles. The molecular formula is C16H21N5OS. The lowest BCUT2D eigenvalue weighted by Gasteiger charge is -2.21. The molecule has 3 rings (SSSR count). The third kappa shape index (κ3) is 3.40. The largest absolute Gasteiger partial charge is 0.347 e. The molecule has 1 amide bonds. The highest BCUT2D eigenvalue weighted by Gasteiger charge is 2.26. The molecule has 0 radical (unpaired) electrons. The van der Waals surface area contributed by atoms with Gasteiger partial charge >= 0.3 is 0 Å². The van der Waals surface area contributed by atoms with Crippen LogP contribution < -0.4 is 5.32 Å². The van der Waals surface area contributed by atoms with Gasteiger partial charge in [-0.15, -0.1) is 11.3 Å². The smallest absolute Gasteiger partial charge is 0.263 e. The van der Waals surface area contributed by atoms with E-state index in [9.17, 15) is 4.79 Å². The third-order valence-electron chi connectivity index (χ3n) is 4.25. The average molecular weight is 331 g/mol. The number of thiazole rings is 1. The number of amides is 1. The van der Waals surface area contributed by atoms with E-state index in [0.29, 0.717) is 17.5 Å². The van der Waals surface area contributed by atoms with Gasteiger partial charge < -0.3 is 5.32 Å². The quantitative estimate of drug-likeness (QED) is 0.930. The second-order valence-electron chi connectivity index (χ2n) is 5.92. The van der Waals surface area contributed by atoms with E-state index in [2.05, 4.69) is 32.2 Å². The molecule has 0 aromatic carbocycles. The Morgan fingerprint density at radius 2 is 2.26 bits per heavy atom. The molecule has 0 unspecified atom stereocenters. The molecule has 6 nitrogen and oxygen atoms in total. The first-order valence-corrected chi connectivity index (χ1v) is 8.65. The van der Waals surface area contributed by atoms with E-state index in [4.69, 9.17) is 0 Å². The Morgan fingerprint density at radius 1 is 1.43 bits per heavy atom. The first kappa shape index (κ1) is 16.0. The Kier molecular flexibility index (Phi) is 4.68. The van der Waals surface area contributed by atoms with E-state index in [1.165, 1.54) is 17.8 Å². The molecule has 0 bridgehead atoms. The van der Waals surface area contributed by atoms with E-state index >= 15 is 0 Å². The highest BCUT2D eigenvalue weighted by atomic mass is 32.1. The number of rotatable bonds is 4. The lowest BCUT2D eigenvalue weighted by atomic mass is 10.1. The summed E-state index contributed by atoms with van der Waals surface area (Å²) in [5, 5.41) is 2.97. The number of hydrogen-bond donors (Lipinski definition) is 1. The SMILES string of the molecule is Cc1ncc(CNC(=O)c2scnc2C)c([C@H]2CCCN2C)n1. The van der Waals surface area contributed by atoms with E-state index in [0.717, 1.165) is 35.7 Å². The van der Waals surface area contributed by atoms with Crippen LogP contribution in [0.5, 0.6) is 0 Å². The number of carbonyl (C=O) groups excluding carboxylic acids is 1. The van der Waals surface area contributed by atoms with Crippen molar-refractivity contribution in [3.8, 4) is 0 Å². The molecular weight excluding hydrogens is 310 g/mol. The highest BCUT2D eigenvalue weighted by molar-refractivity contribution is 7.11. The Bertz CT molecular complexity index is 714. The molecule has 1 aliphatic heterocycles. The topological polar surface area (TPSA) is 71.0 Å². The van der Waals surface area contributed by atoms with Crippen molar-refractivity contribution in [2.24, 2.45) is 0 Å². The predicted molar refractivity (Wildman–Crippen MR) is 89.4 cm³/mol. The molecule has 3 heterocycles. The lowest BCUT2D eigenvalue weighted by molar-refractivity contribution is 0.0954. The molecule has 1 atom stereocenters. The monoisotopic (exact) mass is 331 g/mol. The summed E-state index contributed by atoms with van der Waals surface area (Å²) < 4.78 is 0. The van der Waals surface area contributed by atoms with Crippen LogP contribution in [0, 0.1) is 13.8 Å². The van der Waals surface area contributed by atoms with Gasteiger partial charge in [0.2, 0.25) is 0 Å². The van der Waals surface area contributed by atoms with Gasteiger partial charge in [0.15, 0.2) is 0 Å². The molecule has 0 spiro atoms. The summed E-state index contributed by atoms with van der Waals surface area (Å²) in [7, 11) is 2.12. The molecule has 1 N–H and O–H groups in total. The summed E-state index contributed by atoms with van der Waals surface area (Å²) in [5.41, 5.74) is 4.49. The number of hydrogen-bond acceptors (Lipinski definition) is 6. The zero-order valence-corrected chi connectivity index (χ0v) is 14.5. The minimum atomic E-state index is -0.0868. The Morgan fingerprint density at radius 3 is 2.91 bits per heavy atom. The van der Waals surface area contributed by atoms with Crippen molar-refractivity contribution in [3.63, 3.8) is 0 Å². The van der Waals surface area contributed by atoms with Crippen molar-refractivity contribution < 1.29 is 4.79 Å². The van der Waals surface area contributed by atoms with E-state index in [1.54, 1.807) is 5.51 Å². The van der Waals surface area contributed by atoms with Crippen LogP contribution in [0.4, 0.5) is 0 Å². The third-order valence-corrected chi connectivity index (χ3v) is 5.17. The molecule has 23 heavy (non-hydrogen) atoms. The van der Waals surface area contributed by atoms with E-state index in [-0.39, 0.29) is 5.91 Å². The van der Waals surface area contributed by atoms with Crippen LogP contribution in [-0.2, 0) is 6.54 Å². The lowest BCUT2D eigenvalue weighted by Crippen LogP contribution is -2.26. The summed E-state index contributed by atoms with van der Waals surface area (Å²) in [6.07, 6.45) is 4.11. The minimum absolute atomic E-state index is 0.0868. The molecule has 122 valence electrons. The fourth-order valence-corrected chi connectivity index (χ4v) is 3.69. The zero-order valence-electron chi connectivity index (χ0n) is 13.7. The van der Waals surface area contributed by atoms with Gasteiger partial charge in [0.25, 0.3) is 5.91 Å². The maximum absolute atomic E-state index is 12.3. The molecule has 0 saturated carbocycles. The van der Waals surface area contributed by atoms with Crippen molar-refractivity contribution in [3.05, 3.63) is 39.4 Å². The zero-order chi connectivity index (χ0) is 16.4. The van der Waals surface area contributed by atoms with Crippen LogP contribution in [0.3, 0.4) is 0 Å². The predicted octanol–water partition coefficient (Wildman–Crippen LogP) is 2.25. The molecule has 2 aromatic rings. The molecule has 1 aliphatic rings. The molecule has 2 aromatic heterocycles. The van der Waals surface area contributed by atoms with Gasteiger partial charge in [-0.3, -0.25) is 9.69 Å². The van der Waals surface area contributed by atoms with Crippen molar-refractivity contribution in [1.82, 2.24) is 25.2 Å². The Balaban J connectivity index is 1.77. The first-order chi connectivity index (χ1) is 11.1. The second-order valence-corrected chi connectivity index (χ2v) is 6.77. The maximum atomic E-state index is 12.3. The average Bonchev–Trinajstić information content (AvgIpc) is 3.14. The van der Waals surface area contributed by atoms with Crippen molar-refractivity contribution in [2.75, 3.05) is 13.6 Å². The van der Waals surface area contributed by atoms with Gasteiger partial charge in [-0.25, -0.2) is 15.0 Å². The fourth-order valence-electron chi connectivity index (χ4n) is 2.97. The summed E-state index contributed by atoms with van der Waals surface area (Å²) in [6.45, 7) is 5.27. The summed E-state index contributed by atoms with van der Waals surface area (Å²) in [6, 6.07) is 0.314. The summed E-state index contributed by atoms with van der Waals surface area (Å²) >= 11 is 1.36. The van der Waals surface area contributed by atoms with Gasteiger partial charge in [0.1, 0.15) is 10.7 Å². The van der Waals surface area contributed by atoms with Gasteiger partial charge in [-0.05, 0) is 40.3 Å². The van der Waals surface area contributed by atoms with Crippen LogP contribution in [0.1, 0.15) is 51.3 Å². The highest BCUT2D eigenvalue weighted by Crippen LogP contribution is 2.31. The van der Waals surface area contributed by atoms with E-state index < -0.39 is 0 Å². The Labute approximate surface area is 140 Å². The Hall–Kier alpha value is -1.86. The number of likely N-dealkylation sites (tertiary alicyclic amines) is 1. The van der Waals surface area contributed by atoms with Crippen LogP contribution in [0.25, 0.3) is 0 Å². The van der Waals surface area contributed by atoms with E-state index in [1.807, 2.05) is 20.0 Å². The number of nitrogens with zero attached hydrogens (tertiary/aromatic N) is 4. The minimum Gasteiger partial charge on any atom is -0.347 e. The standard InChI is InChI=1S/C16H21N5OS/c1-10-15(23-9-19-10)16(22)18-8-12-7-17-11(2)20-14(12)13-5-4-6-21(13)3/h7,9,13H,4-6,8H2,1-3H3,(H,18,22)/t13-/m1/s1. The van der Waals surface area contributed by atoms with Crippen molar-refractivity contribution in [2.45, 2.75) is 39.3 Å². The van der Waals surface area contributed by atoms with Crippen LogP contribution in [-0.4, -0.2) is 39.4 Å². The molecule has 1 fully saturated rings. The number of nitrogens with one attached hydrogen (secondary N) is 1. The number of aryl methyl sites for hydroxylation is 2. The fraction of sp³-hybridized carbons (Fsp3) is 0.500.